The van der Waals surface area contributed by atoms with Gasteiger partial charge in [-0.2, -0.15) is 0 Å². The van der Waals surface area contributed by atoms with Gasteiger partial charge in [0, 0.05) is 16.7 Å². The molecule has 2 rings (SSSR count). The van der Waals surface area contributed by atoms with Gasteiger partial charge in [-0.05, 0) is 62.1 Å². The molecule has 0 heterocycles. The Labute approximate surface area is 124 Å². The number of anilines is 1. The number of halogens is 1. The summed E-state index contributed by atoms with van der Waals surface area (Å²) in [4.78, 5) is 0. The molecule has 0 saturated heterocycles. The molecule has 2 aromatic rings. The number of nitrogens with one attached hydrogen (secondary N) is 1. The minimum absolute atomic E-state index is 0.870. The van der Waals surface area contributed by atoms with Gasteiger partial charge in [-0.1, -0.05) is 39.7 Å². The molecule has 0 aromatic heterocycles. The predicted octanol–water partition coefficient (Wildman–Crippen LogP) is 5.29. The summed E-state index contributed by atoms with van der Waals surface area (Å²) >= 11 is 3.52. The van der Waals surface area contributed by atoms with Crippen LogP contribution in [0.2, 0.25) is 0 Å². The highest BCUT2D eigenvalue weighted by molar-refractivity contribution is 9.10. The largest absolute Gasteiger partial charge is 0.381 e. The second-order valence-electron chi connectivity index (χ2n) is 5.19. The molecule has 0 aliphatic rings. The summed E-state index contributed by atoms with van der Waals surface area (Å²) in [5, 5.41) is 3.54. The SMILES string of the molecule is Cc1cc(C)c(CNc2cc(Br)ccc2C)c(C)c1. The van der Waals surface area contributed by atoms with Crippen molar-refractivity contribution in [3.63, 3.8) is 0 Å². The van der Waals surface area contributed by atoms with Crippen LogP contribution in [0.25, 0.3) is 0 Å². The van der Waals surface area contributed by atoms with E-state index in [9.17, 15) is 0 Å². The van der Waals surface area contributed by atoms with E-state index in [1.54, 1.807) is 0 Å². The second-order valence-corrected chi connectivity index (χ2v) is 6.11. The van der Waals surface area contributed by atoms with Crippen molar-refractivity contribution in [1.82, 2.24) is 0 Å². The molecule has 1 N–H and O–H groups in total. The highest BCUT2D eigenvalue weighted by atomic mass is 79.9. The molecule has 100 valence electrons. The molecule has 0 saturated carbocycles. The highest BCUT2D eigenvalue weighted by Gasteiger charge is 2.05. The molecule has 2 aromatic carbocycles. The number of hydrogen-bond acceptors (Lipinski definition) is 1. The molecule has 19 heavy (non-hydrogen) atoms. The summed E-state index contributed by atoms with van der Waals surface area (Å²) in [6, 6.07) is 10.8. The van der Waals surface area contributed by atoms with Gasteiger partial charge in [0.25, 0.3) is 0 Å². The van der Waals surface area contributed by atoms with Gasteiger partial charge in [0.1, 0.15) is 0 Å². The summed E-state index contributed by atoms with van der Waals surface area (Å²) in [6.45, 7) is 9.52. The van der Waals surface area contributed by atoms with Gasteiger partial charge < -0.3 is 5.32 Å². The third kappa shape index (κ3) is 3.38. The first-order valence-electron chi connectivity index (χ1n) is 6.54. The summed E-state index contributed by atoms with van der Waals surface area (Å²) in [6.07, 6.45) is 0. The Balaban J connectivity index is 2.21. The fraction of sp³-hybridized carbons (Fsp3) is 0.294. The van der Waals surface area contributed by atoms with Crippen LogP contribution < -0.4 is 5.32 Å². The van der Waals surface area contributed by atoms with Gasteiger partial charge >= 0.3 is 0 Å². The lowest BCUT2D eigenvalue weighted by Crippen LogP contribution is -2.05. The third-order valence-corrected chi connectivity index (χ3v) is 3.99. The zero-order valence-corrected chi connectivity index (χ0v) is 13.6. The molecule has 0 fully saturated rings. The van der Waals surface area contributed by atoms with Gasteiger partial charge in [0.05, 0.1) is 0 Å². The topological polar surface area (TPSA) is 12.0 Å². The van der Waals surface area contributed by atoms with Crippen LogP contribution in [0.1, 0.15) is 27.8 Å². The lowest BCUT2D eigenvalue weighted by Gasteiger charge is -2.15. The molecule has 0 aliphatic heterocycles. The first-order chi connectivity index (χ1) is 8.97. The van der Waals surface area contributed by atoms with Crippen LogP contribution in [0.4, 0.5) is 5.69 Å². The van der Waals surface area contributed by atoms with Crippen molar-refractivity contribution in [3.05, 3.63) is 62.6 Å². The Morgan fingerprint density at radius 3 is 2.16 bits per heavy atom. The Morgan fingerprint density at radius 2 is 1.53 bits per heavy atom. The lowest BCUT2D eigenvalue weighted by molar-refractivity contribution is 1.08. The van der Waals surface area contributed by atoms with Crippen LogP contribution in [0.3, 0.4) is 0 Å². The number of hydrogen-bond donors (Lipinski definition) is 1. The van der Waals surface area contributed by atoms with Gasteiger partial charge in [-0.3, -0.25) is 0 Å². The Morgan fingerprint density at radius 1 is 0.895 bits per heavy atom. The van der Waals surface area contributed by atoms with Crippen molar-refractivity contribution >= 4 is 21.6 Å². The van der Waals surface area contributed by atoms with Crippen LogP contribution in [0.15, 0.2) is 34.8 Å². The van der Waals surface area contributed by atoms with E-state index in [-0.39, 0.29) is 0 Å². The van der Waals surface area contributed by atoms with E-state index in [0.29, 0.717) is 0 Å². The quantitative estimate of drug-likeness (QED) is 0.810. The molecule has 0 radical (unpaired) electrons. The monoisotopic (exact) mass is 317 g/mol. The predicted molar refractivity (Wildman–Crippen MR) is 86.9 cm³/mol. The van der Waals surface area contributed by atoms with E-state index in [2.05, 4.69) is 79.3 Å². The van der Waals surface area contributed by atoms with E-state index >= 15 is 0 Å². The second kappa shape index (κ2) is 5.79. The van der Waals surface area contributed by atoms with Crippen molar-refractivity contribution < 1.29 is 0 Å². The fourth-order valence-corrected chi connectivity index (χ4v) is 2.82. The summed E-state index contributed by atoms with van der Waals surface area (Å²) < 4.78 is 1.11. The first-order valence-corrected chi connectivity index (χ1v) is 7.33. The maximum Gasteiger partial charge on any atom is 0.0406 e. The number of rotatable bonds is 3. The van der Waals surface area contributed by atoms with Crippen molar-refractivity contribution in [2.24, 2.45) is 0 Å². The van der Waals surface area contributed by atoms with E-state index in [0.717, 1.165) is 11.0 Å². The van der Waals surface area contributed by atoms with Crippen molar-refractivity contribution in [2.75, 3.05) is 5.32 Å². The third-order valence-electron chi connectivity index (χ3n) is 3.50. The van der Waals surface area contributed by atoms with Crippen LogP contribution in [-0.4, -0.2) is 0 Å². The molecule has 1 nitrogen and oxygen atoms in total. The van der Waals surface area contributed by atoms with E-state index in [1.165, 1.54) is 33.5 Å². The molecule has 0 aliphatic carbocycles. The van der Waals surface area contributed by atoms with E-state index < -0.39 is 0 Å². The van der Waals surface area contributed by atoms with E-state index in [1.807, 2.05) is 0 Å². The molecule has 0 bridgehead atoms. The average molecular weight is 318 g/mol. The zero-order chi connectivity index (χ0) is 14.0. The maximum absolute atomic E-state index is 3.54. The zero-order valence-electron chi connectivity index (χ0n) is 12.0. The molecular weight excluding hydrogens is 298 g/mol. The van der Waals surface area contributed by atoms with Crippen LogP contribution in [0, 0.1) is 27.7 Å². The van der Waals surface area contributed by atoms with Crippen molar-refractivity contribution in [2.45, 2.75) is 34.2 Å². The molecular formula is C17H20BrN. The maximum atomic E-state index is 3.54. The van der Waals surface area contributed by atoms with Gasteiger partial charge in [0.2, 0.25) is 0 Å². The summed E-state index contributed by atoms with van der Waals surface area (Å²) in [7, 11) is 0. The van der Waals surface area contributed by atoms with Crippen molar-refractivity contribution in [1.29, 1.82) is 0 Å². The average Bonchev–Trinajstić information content (AvgIpc) is 2.32. The molecule has 0 spiro atoms. The Bertz CT molecular complexity index is 579. The lowest BCUT2D eigenvalue weighted by atomic mass is 9.99. The van der Waals surface area contributed by atoms with Crippen molar-refractivity contribution in [3.8, 4) is 0 Å². The van der Waals surface area contributed by atoms with Crippen LogP contribution >= 0.6 is 15.9 Å². The fourth-order valence-electron chi connectivity index (χ4n) is 2.46. The highest BCUT2D eigenvalue weighted by Crippen LogP contribution is 2.23. The Kier molecular flexibility index (Phi) is 4.31. The Hall–Kier alpha value is -1.28. The molecule has 2 heteroatoms. The molecule has 0 unspecified atom stereocenters. The van der Waals surface area contributed by atoms with Gasteiger partial charge in [-0.25, -0.2) is 0 Å². The van der Waals surface area contributed by atoms with E-state index in [4.69, 9.17) is 0 Å². The standard InChI is InChI=1S/C17H20BrN/c1-11-7-13(3)16(14(4)8-11)10-19-17-9-15(18)6-5-12(17)2/h5-9,19H,10H2,1-4H3. The van der Waals surface area contributed by atoms with Crippen LogP contribution in [-0.2, 0) is 6.54 Å². The van der Waals surface area contributed by atoms with Gasteiger partial charge in [0.15, 0.2) is 0 Å². The minimum Gasteiger partial charge on any atom is -0.381 e. The summed E-state index contributed by atoms with van der Waals surface area (Å²) in [5.74, 6) is 0. The first kappa shape index (κ1) is 14.1. The van der Waals surface area contributed by atoms with Crippen LogP contribution in [0.5, 0.6) is 0 Å². The van der Waals surface area contributed by atoms with Gasteiger partial charge in [-0.15, -0.1) is 0 Å². The minimum atomic E-state index is 0.870. The smallest absolute Gasteiger partial charge is 0.0406 e. The molecule has 0 atom stereocenters. The molecule has 0 amide bonds. The normalized spacial score (nSPS) is 10.6. The summed E-state index contributed by atoms with van der Waals surface area (Å²) in [5.41, 5.74) is 7.90. The number of aryl methyl sites for hydroxylation is 4. The number of benzene rings is 2.